The van der Waals surface area contributed by atoms with Gasteiger partial charge in [0.05, 0.1) is 10.6 Å². The number of hydrogen-bond acceptors (Lipinski definition) is 1. The highest BCUT2D eigenvalue weighted by Crippen LogP contribution is 2.23. The van der Waals surface area contributed by atoms with E-state index in [2.05, 4.69) is 15.9 Å². The molecule has 1 saturated heterocycles. The zero-order chi connectivity index (χ0) is 13.0. The first kappa shape index (κ1) is 13.9. The first-order valence-electron chi connectivity index (χ1n) is 6.43. The molecule has 0 N–H and O–H groups in total. The Labute approximate surface area is 121 Å². The maximum atomic E-state index is 12.5. The summed E-state index contributed by atoms with van der Waals surface area (Å²) in [6.45, 7) is 1.70. The quantitative estimate of drug-likeness (QED) is 0.742. The Hall–Kier alpha value is -0.540. The highest BCUT2D eigenvalue weighted by atomic mass is 79.9. The molecule has 1 aromatic carbocycles. The minimum atomic E-state index is 0.0585. The van der Waals surface area contributed by atoms with Crippen molar-refractivity contribution in [1.82, 2.24) is 4.90 Å². The summed E-state index contributed by atoms with van der Waals surface area (Å²) in [5.74, 6) is 0.0585. The van der Waals surface area contributed by atoms with Crippen molar-refractivity contribution in [3.8, 4) is 0 Å². The van der Waals surface area contributed by atoms with Crippen LogP contribution in [0.4, 0.5) is 0 Å². The standard InChI is InChI=1S/C14H17BrClNO/c15-11-6-7-13(16)12(10-11)14(18)17-8-4-2-1-3-5-9-17/h6-7,10H,1-5,8-9H2. The normalized spacial score (nSPS) is 17.1. The lowest BCUT2D eigenvalue weighted by molar-refractivity contribution is 0.0742. The molecule has 0 saturated carbocycles. The van der Waals surface area contributed by atoms with Crippen LogP contribution < -0.4 is 0 Å². The maximum Gasteiger partial charge on any atom is 0.255 e. The van der Waals surface area contributed by atoms with Crippen molar-refractivity contribution in [2.24, 2.45) is 0 Å². The molecule has 4 heteroatoms. The highest BCUT2D eigenvalue weighted by molar-refractivity contribution is 9.10. The molecule has 0 radical (unpaired) electrons. The highest BCUT2D eigenvalue weighted by Gasteiger charge is 2.19. The molecule has 0 aliphatic carbocycles. The fraction of sp³-hybridized carbons (Fsp3) is 0.500. The summed E-state index contributed by atoms with van der Waals surface area (Å²) in [6, 6.07) is 5.43. The molecule has 0 bridgehead atoms. The minimum absolute atomic E-state index is 0.0585. The van der Waals surface area contributed by atoms with Crippen molar-refractivity contribution in [3.63, 3.8) is 0 Å². The second kappa shape index (κ2) is 6.58. The summed E-state index contributed by atoms with van der Waals surface area (Å²) in [6.07, 6.45) is 5.92. The first-order chi connectivity index (χ1) is 8.68. The van der Waals surface area contributed by atoms with Crippen molar-refractivity contribution in [1.29, 1.82) is 0 Å². The summed E-state index contributed by atoms with van der Waals surface area (Å²) in [7, 11) is 0. The van der Waals surface area contributed by atoms with Gasteiger partial charge in [-0.3, -0.25) is 4.79 Å². The molecule has 98 valence electrons. The van der Waals surface area contributed by atoms with Crippen LogP contribution >= 0.6 is 27.5 Å². The molecule has 2 nitrogen and oxygen atoms in total. The number of halogens is 2. The number of amides is 1. The van der Waals surface area contributed by atoms with E-state index in [9.17, 15) is 4.79 Å². The Kier molecular flexibility index (Phi) is 5.07. The second-order valence-corrected chi connectivity index (χ2v) is 6.01. The van der Waals surface area contributed by atoms with Gasteiger partial charge < -0.3 is 4.90 Å². The molecule has 1 aliphatic heterocycles. The van der Waals surface area contributed by atoms with Crippen LogP contribution in [0, 0.1) is 0 Å². The summed E-state index contributed by atoms with van der Waals surface area (Å²) in [5.41, 5.74) is 0.603. The van der Waals surface area contributed by atoms with Gasteiger partial charge in [-0.1, -0.05) is 46.8 Å². The monoisotopic (exact) mass is 329 g/mol. The fourth-order valence-corrected chi connectivity index (χ4v) is 2.84. The Morgan fingerprint density at radius 2 is 1.72 bits per heavy atom. The van der Waals surface area contributed by atoms with Gasteiger partial charge in [-0.15, -0.1) is 0 Å². The van der Waals surface area contributed by atoms with Gasteiger partial charge in [-0.25, -0.2) is 0 Å². The minimum Gasteiger partial charge on any atom is -0.339 e. The summed E-state index contributed by atoms with van der Waals surface area (Å²) >= 11 is 9.50. The lowest BCUT2D eigenvalue weighted by Crippen LogP contribution is -2.34. The van der Waals surface area contributed by atoms with Crippen LogP contribution in [0.15, 0.2) is 22.7 Å². The van der Waals surface area contributed by atoms with Gasteiger partial charge in [-0.05, 0) is 31.0 Å². The number of benzene rings is 1. The number of carbonyl (C=O) groups excluding carboxylic acids is 1. The molecule has 18 heavy (non-hydrogen) atoms. The molecule has 0 spiro atoms. The lowest BCUT2D eigenvalue weighted by atomic mass is 10.1. The van der Waals surface area contributed by atoms with E-state index in [0.29, 0.717) is 10.6 Å². The van der Waals surface area contributed by atoms with Crippen LogP contribution in [-0.2, 0) is 0 Å². The van der Waals surface area contributed by atoms with Crippen molar-refractivity contribution in [2.75, 3.05) is 13.1 Å². The maximum absolute atomic E-state index is 12.5. The van der Waals surface area contributed by atoms with E-state index in [1.165, 1.54) is 19.3 Å². The van der Waals surface area contributed by atoms with E-state index < -0.39 is 0 Å². The second-order valence-electron chi connectivity index (χ2n) is 4.68. The molecule has 2 rings (SSSR count). The molecule has 1 amide bonds. The third-order valence-electron chi connectivity index (χ3n) is 3.30. The fourth-order valence-electron chi connectivity index (χ4n) is 2.28. The van der Waals surface area contributed by atoms with E-state index in [-0.39, 0.29) is 5.91 Å². The van der Waals surface area contributed by atoms with Crippen molar-refractivity contribution < 1.29 is 4.79 Å². The number of likely N-dealkylation sites (tertiary alicyclic amines) is 1. The van der Waals surface area contributed by atoms with Gasteiger partial charge in [0, 0.05) is 17.6 Å². The van der Waals surface area contributed by atoms with Gasteiger partial charge >= 0.3 is 0 Å². The van der Waals surface area contributed by atoms with Crippen LogP contribution in [0.2, 0.25) is 5.02 Å². The Balaban J connectivity index is 2.15. The van der Waals surface area contributed by atoms with E-state index in [1.54, 1.807) is 6.07 Å². The van der Waals surface area contributed by atoms with Crippen molar-refractivity contribution in [3.05, 3.63) is 33.3 Å². The summed E-state index contributed by atoms with van der Waals surface area (Å²) in [5, 5.41) is 0.533. The van der Waals surface area contributed by atoms with Crippen LogP contribution in [-0.4, -0.2) is 23.9 Å². The third-order valence-corrected chi connectivity index (χ3v) is 4.12. The Morgan fingerprint density at radius 3 is 2.39 bits per heavy atom. The lowest BCUT2D eigenvalue weighted by Gasteiger charge is -2.25. The third kappa shape index (κ3) is 3.48. The van der Waals surface area contributed by atoms with E-state index in [0.717, 1.165) is 30.4 Å². The average molecular weight is 331 g/mol. The molecule has 1 heterocycles. The van der Waals surface area contributed by atoms with Crippen LogP contribution in [0.25, 0.3) is 0 Å². The van der Waals surface area contributed by atoms with Crippen molar-refractivity contribution in [2.45, 2.75) is 32.1 Å². The van der Waals surface area contributed by atoms with Gasteiger partial charge in [0.1, 0.15) is 0 Å². The van der Waals surface area contributed by atoms with Crippen LogP contribution in [0.1, 0.15) is 42.5 Å². The predicted molar refractivity (Wildman–Crippen MR) is 78.1 cm³/mol. The van der Waals surface area contributed by atoms with Crippen LogP contribution in [0.5, 0.6) is 0 Å². The SMILES string of the molecule is O=C(c1cc(Br)ccc1Cl)N1CCCCCCC1. The van der Waals surface area contributed by atoms with Crippen molar-refractivity contribution >= 4 is 33.4 Å². The molecule has 0 atom stereocenters. The van der Waals surface area contributed by atoms with Gasteiger partial charge in [0.15, 0.2) is 0 Å². The molecule has 0 unspecified atom stereocenters. The topological polar surface area (TPSA) is 20.3 Å². The number of rotatable bonds is 1. The Morgan fingerprint density at radius 1 is 1.11 bits per heavy atom. The first-order valence-corrected chi connectivity index (χ1v) is 7.60. The van der Waals surface area contributed by atoms with E-state index in [4.69, 9.17) is 11.6 Å². The zero-order valence-corrected chi connectivity index (χ0v) is 12.6. The predicted octanol–water partition coefficient (Wildman–Crippen LogP) is 4.51. The molecular weight excluding hydrogens is 314 g/mol. The van der Waals surface area contributed by atoms with Crippen LogP contribution in [0.3, 0.4) is 0 Å². The smallest absolute Gasteiger partial charge is 0.255 e. The summed E-state index contributed by atoms with van der Waals surface area (Å²) in [4.78, 5) is 14.4. The average Bonchev–Trinajstić information content (AvgIpc) is 2.31. The molecular formula is C14H17BrClNO. The largest absolute Gasteiger partial charge is 0.339 e. The van der Waals surface area contributed by atoms with E-state index >= 15 is 0 Å². The Bertz CT molecular complexity index is 428. The number of carbonyl (C=O) groups is 1. The number of nitrogens with zero attached hydrogens (tertiary/aromatic N) is 1. The van der Waals surface area contributed by atoms with E-state index in [1.807, 2.05) is 17.0 Å². The summed E-state index contributed by atoms with van der Waals surface area (Å²) < 4.78 is 0.891. The number of hydrogen-bond donors (Lipinski definition) is 0. The molecule has 1 aromatic rings. The van der Waals surface area contributed by atoms with Gasteiger partial charge in [-0.2, -0.15) is 0 Å². The zero-order valence-electron chi connectivity index (χ0n) is 10.3. The molecule has 0 aromatic heterocycles. The molecule has 1 aliphatic rings. The molecule has 1 fully saturated rings. The van der Waals surface area contributed by atoms with Gasteiger partial charge in [0.2, 0.25) is 0 Å². The van der Waals surface area contributed by atoms with Gasteiger partial charge in [0.25, 0.3) is 5.91 Å².